The van der Waals surface area contributed by atoms with Gasteiger partial charge in [-0.3, -0.25) is 0 Å². The summed E-state index contributed by atoms with van der Waals surface area (Å²) >= 11 is 1.68. The molecule has 260 valence electrons. The van der Waals surface area contributed by atoms with Gasteiger partial charge in [0.05, 0.1) is 17.9 Å². The molecule has 0 aromatic heterocycles. The first-order valence-electron chi connectivity index (χ1n) is 14.9. The molecule has 0 unspecified atom stereocenters. The number of hydrogen-bond donors (Lipinski definition) is 0. The maximum atomic E-state index is 10.9. The van der Waals surface area contributed by atoms with Crippen LogP contribution in [0, 0.1) is 0 Å². The predicted molar refractivity (Wildman–Crippen MR) is 177 cm³/mol. The molecule has 3 rings (SSSR count). The molecule has 0 radical (unpaired) electrons. The second-order valence-corrected chi connectivity index (χ2v) is 10.8. The fraction of sp³-hybridized carbons (Fsp3) is 0.189. The van der Waals surface area contributed by atoms with Gasteiger partial charge < -0.3 is 43.9 Å². The van der Waals surface area contributed by atoms with E-state index in [1.165, 1.54) is 17.3 Å². The summed E-state index contributed by atoms with van der Waals surface area (Å²) in [5.41, 5.74) is 2.52. The van der Waals surface area contributed by atoms with Crippen molar-refractivity contribution < 1.29 is 58.3 Å². The van der Waals surface area contributed by atoms with Gasteiger partial charge in [0.2, 0.25) is 0 Å². The van der Waals surface area contributed by atoms with Gasteiger partial charge in [0, 0.05) is 18.2 Å². The Morgan fingerprint density at radius 3 is 0.940 bits per heavy atom. The number of carboxylic acid groups (broad SMARTS) is 3. The maximum Gasteiger partial charge on any atom is 0.331 e. The van der Waals surface area contributed by atoms with Crippen molar-refractivity contribution in [3.63, 3.8) is 0 Å². The van der Waals surface area contributed by atoms with Crippen LogP contribution in [0.5, 0.6) is 0 Å². The zero-order valence-corrected chi connectivity index (χ0v) is 30.1. The number of hydrogen-bond acceptors (Lipinski definition) is 12. The van der Waals surface area contributed by atoms with Crippen LogP contribution in [0.1, 0.15) is 36.5 Å². The van der Waals surface area contributed by atoms with E-state index in [2.05, 4.69) is 6.92 Å². The minimum absolute atomic E-state index is 0.122. The van der Waals surface area contributed by atoms with E-state index in [0.29, 0.717) is 18.2 Å². The number of carbonyl (C=O) groups excluding carboxylic acids is 6. The average Bonchev–Trinajstić information content (AvgIpc) is 3.12. The third kappa shape index (κ3) is 28.7. The molecule has 0 heterocycles. The Morgan fingerprint density at radius 2 is 0.760 bits per heavy atom. The average molecular weight is 791 g/mol. The first-order chi connectivity index (χ1) is 24.0. The van der Waals surface area contributed by atoms with Gasteiger partial charge in [-0.05, 0) is 34.9 Å². The summed E-state index contributed by atoms with van der Waals surface area (Å²) in [5, 5.41) is 29.9. The maximum absolute atomic E-state index is 10.9. The zero-order valence-electron chi connectivity index (χ0n) is 27.3. The smallest absolute Gasteiger partial charge is 0.331 e. The molecular formula is C37H36O12Sn. The van der Waals surface area contributed by atoms with E-state index in [0.717, 1.165) is 34.9 Å². The Balaban J connectivity index is 0.000000674. The molecule has 0 aliphatic heterocycles. The Hall–Kier alpha value is -5.50. The molecule has 0 aliphatic rings. The van der Waals surface area contributed by atoms with Crippen LogP contribution in [0.25, 0.3) is 0 Å². The molecule has 3 aromatic carbocycles. The van der Waals surface area contributed by atoms with Crippen LogP contribution in [0.3, 0.4) is 0 Å². The summed E-state index contributed by atoms with van der Waals surface area (Å²) in [4.78, 5) is 62.7. The van der Waals surface area contributed by atoms with E-state index in [4.69, 9.17) is 14.2 Å². The van der Waals surface area contributed by atoms with Crippen LogP contribution >= 0.6 is 0 Å². The molecule has 0 spiro atoms. The summed E-state index contributed by atoms with van der Waals surface area (Å²) in [7, 11) is 0. The number of benzene rings is 3. The fourth-order valence-electron chi connectivity index (χ4n) is 2.92. The minimum atomic E-state index is -1.42. The fourth-order valence-corrected chi connectivity index (χ4v) is 3.92. The molecule has 3 aromatic rings. The van der Waals surface area contributed by atoms with Gasteiger partial charge in [-0.25, -0.2) is 14.4 Å². The van der Waals surface area contributed by atoms with Crippen LogP contribution in [-0.4, -0.2) is 58.3 Å². The van der Waals surface area contributed by atoms with Crippen molar-refractivity contribution in [2.24, 2.45) is 0 Å². The summed E-state index contributed by atoms with van der Waals surface area (Å²) in [6.07, 6.45) is 7.15. The van der Waals surface area contributed by atoms with Crippen LogP contribution in [0.15, 0.2) is 127 Å². The second-order valence-electron chi connectivity index (χ2n) is 9.34. The molecule has 0 bridgehead atoms. The summed E-state index contributed by atoms with van der Waals surface area (Å²) in [6, 6.07) is 27.3. The summed E-state index contributed by atoms with van der Waals surface area (Å²) < 4.78 is 15.7. The van der Waals surface area contributed by atoms with Gasteiger partial charge in [0.15, 0.2) is 0 Å². The van der Waals surface area contributed by atoms with Crippen LogP contribution in [0.2, 0.25) is 4.44 Å². The number of rotatable bonds is 14. The van der Waals surface area contributed by atoms with E-state index in [-0.39, 0.29) is 19.8 Å². The van der Waals surface area contributed by atoms with Gasteiger partial charge in [0.25, 0.3) is 0 Å². The second kappa shape index (κ2) is 29.6. The van der Waals surface area contributed by atoms with Gasteiger partial charge in [-0.1, -0.05) is 91.0 Å². The molecule has 0 saturated heterocycles. The van der Waals surface area contributed by atoms with Crippen molar-refractivity contribution in [3.05, 3.63) is 144 Å². The summed E-state index contributed by atoms with van der Waals surface area (Å²) in [5.74, 6) is -6.39. The Bertz CT molecular complexity index is 1340. The van der Waals surface area contributed by atoms with Crippen molar-refractivity contribution in [1.82, 2.24) is 0 Å². The topological polar surface area (TPSA) is 199 Å². The number of esters is 3. The summed E-state index contributed by atoms with van der Waals surface area (Å²) in [6.45, 7) is 2.59. The van der Waals surface area contributed by atoms with Gasteiger partial charge in [0.1, 0.15) is 19.8 Å². The van der Waals surface area contributed by atoms with Gasteiger partial charge in [-0.15, -0.1) is 0 Å². The molecule has 0 fully saturated rings. The van der Waals surface area contributed by atoms with Crippen LogP contribution in [-0.2, 0) is 62.8 Å². The van der Waals surface area contributed by atoms with E-state index < -0.39 is 35.8 Å². The molecule has 0 N–H and O–H groups in total. The molecule has 0 aliphatic carbocycles. The van der Waals surface area contributed by atoms with E-state index in [1.807, 2.05) is 54.6 Å². The third-order valence-electron chi connectivity index (χ3n) is 5.27. The molecule has 12 nitrogen and oxygen atoms in total. The SMILES string of the molecule is CCC[CH2][Sn+3].O=C([O-])C=CC(=O)OCc1ccccc1.O=C([O-])C=CC(=O)OCc1ccccc1.O=C([O-])C=CC(=O)OCc1ccccc1. The first-order valence-corrected chi connectivity index (χ1v) is 16.9. The number of ether oxygens (including phenoxy) is 3. The zero-order chi connectivity index (χ0) is 37.4. The normalized spacial score (nSPS) is 9.98. The largest absolute Gasteiger partial charge is 0.545 e. The molecule has 0 amide bonds. The third-order valence-corrected chi connectivity index (χ3v) is 6.28. The number of carboxylic acids is 3. The standard InChI is InChI=1S/3C11H10O4.C4H9.Sn/c3*12-10(13)6-7-11(14)15-8-9-4-2-1-3-5-9;1-3-4-2;/h3*1-7H,8H2,(H,12,13);1,3-4H2,2H3;/q;;;;+3/p-3. The molecule has 50 heavy (non-hydrogen) atoms. The van der Waals surface area contributed by atoms with Crippen molar-refractivity contribution in [2.45, 2.75) is 44.0 Å². The van der Waals surface area contributed by atoms with Crippen molar-refractivity contribution in [3.8, 4) is 0 Å². The molecular weight excluding hydrogens is 755 g/mol. The van der Waals surface area contributed by atoms with E-state index in [1.54, 1.807) is 58.9 Å². The Kier molecular flexibility index (Phi) is 26.4. The predicted octanol–water partition coefficient (Wildman–Crippen LogP) is 1.48. The van der Waals surface area contributed by atoms with Crippen molar-refractivity contribution in [2.75, 3.05) is 0 Å². The number of aliphatic carboxylic acids is 3. The van der Waals surface area contributed by atoms with Crippen molar-refractivity contribution in [1.29, 1.82) is 0 Å². The minimum Gasteiger partial charge on any atom is -0.545 e. The van der Waals surface area contributed by atoms with Gasteiger partial charge >= 0.3 is 64.6 Å². The first kappa shape index (κ1) is 44.5. The Morgan fingerprint density at radius 1 is 0.500 bits per heavy atom. The van der Waals surface area contributed by atoms with Crippen LogP contribution < -0.4 is 15.3 Å². The van der Waals surface area contributed by atoms with Gasteiger partial charge in [-0.2, -0.15) is 0 Å². The number of carbonyl (C=O) groups is 6. The van der Waals surface area contributed by atoms with Crippen LogP contribution in [0.4, 0.5) is 0 Å². The number of unbranched alkanes of at least 4 members (excludes halogenated alkanes) is 1. The van der Waals surface area contributed by atoms with Crippen molar-refractivity contribution >= 4 is 58.3 Å². The monoisotopic (exact) mass is 792 g/mol. The quantitative estimate of drug-likeness (QED) is 0.0988. The molecule has 0 saturated carbocycles. The van der Waals surface area contributed by atoms with E-state index >= 15 is 0 Å². The molecule has 0 atom stereocenters. The van der Waals surface area contributed by atoms with E-state index in [9.17, 15) is 44.1 Å². The Labute approximate surface area is 303 Å². The molecule has 13 heteroatoms.